The van der Waals surface area contributed by atoms with E-state index in [1.807, 2.05) is 0 Å². The van der Waals surface area contributed by atoms with Crippen LogP contribution in [0.2, 0.25) is 0 Å². The highest BCUT2D eigenvalue weighted by Gasteiger charge is 2.11. The second-order valence-electron chi connectivity index (χ2n) is 5.37. The van der Waals surface area contributed by atoms with Crippen molar-refractivity contribution in [2.75, 3.05) is 5.32 Å². The molecule has 0 fully saturated rings. The third-order valence-corrected chi connectivity index (χ3v) is 4.03. The zero-order valence-corrected chi connectivity index (χ0v) is 14.0. The first-order chi connectivity index (χ1) is 12.0. The number of para-hydroxylation sites is 2. The molecule has 2 aromatic carbocycles. The molecule has 0 saturated carbocycles. The molecule has 0 saturated heterocycles. The molecule has 0 unspecified atom stereocenters. The lowest BCUT2D eigenvalue weighted by molar-refractivity contribution is 0.102. The van der Waals surface area contributed by atoms with E-state index in [-0.39, 0.29) is 16.1 Å². The Labute approximate surface area is 148 Å². The number of fused-ring (bicyclic) bond motifs is 1. The number of aromatic hydroxyl groups is 1. The summed E-state index contributed by atoms with van der Waals surface area (Å²) in [4.78, 5) is 27.8. The monoisotopic (exact) mass is 353 g/mol. The van der Waals surface area contributed by atoms with Gasteiger partial charge in [0.2, 0.25) is 0 Å². The molecule has 0 aliphatic carbocycles. The maximum Gasteiger partial charge on any atom is 0.262 e. The number of carbonyl (C=O) groups is 1. The van der Waals surface area contributed by atoms with Crippen molar-refractivity contribution in [3.63, 3.8) is 0 Å². The van der Waals surface area contributed by atoms with E-state index < -0.39 is 5.91 Å². The van der Waals surface area contributed by atoms with E-state index in [0.29, 0.717) is 28.7 Å². The van der Waals surface area contributed by atoms with E-state index in [1.54, 1.807) is 42.5 Å². The number of phenols is 1. The summed E-state index contributed by atoms with van der Waals surface area (Å²) in [6.45, 7) is 3.91. The lowest BCUT2D eigenvalue weighted by atomic mass is 10.1. The first-order valence-corrected chi connectivity index (χ1v) is 7.89. The van der Waals surface area contributed by atoms with Crippen LogP contribution in [0.4, 0.5) is 5.69 Å². The summed E-state index contributed by atoms with van der Waals surface area (Å²) < 4.78 is 1.66. The Morgan fingerprint density at radius 1 is 1.32 bits per heavy atom. The summed E-state index contributed by atoms with van der Waals surface area (Å²) in [5, 5.41) is 12.8. The largest absolute Gasteiger partial charge is 0.506 e. The highest BCUT2D eigenvalue weighted by molar-refractivity contribution is 7.71. The topological polar surface area (TPSA) is 87.1 Å². The summed E-state index contributed by atoms with van der Waals surface area (Å²) in [6.07, 6.45) is 1.59. The number of amides is 1. The van der Waals surface area contributed by atoms with Crippen LogP contribution in [0, 0.1) is 4.77 Å². The summed E-state index contributed by atoms with van der Waals surface area (Å²) >= 11 is 5.19. The number of benzene rings is 2. The number of hydrogen-bond donors (Lipinski definition) is 3. The van der Waals surface area contributed by atoms with Gasteiger partial charge in [-0.1, -0.05) is 18.2 Å². The molecule has 25 heavy (non-hydrogen) atoms. The average Bonchev–Trinajstić information content (AvgIpc) is 2.60. The highest BCUT2D eigenvalue weighted by Crippen LogP contribution is 2.22. The van der Waals surface area contributed by atoms with Gasteiger partial charge in [0.1, 0.15) is 5.75 Å². The number of hydrogen-bond acceptors (Lipinski definition) is 4. The molecule has 0 aliphatic rings. The minimum Gasteiger partial charge on any atom is -0.506 e. The molecule has 6 nitrogen and oxygen atoms in total. The van der Waals surface area contributed by atoms with Crippen molar-refractivity contribution in [1.29, 1.82) is 0 Å². The number of carbonyl (C=O) groups excluding carboxylic acids is 1. The van der Waals surface area contributed by atoms with Gasteiger partial charge in [-0.25, -0.2) is 0 Å². The van der Waals surface area contributed by atoms with E-state index in [0.717, 1.165) is 0 Å². The van der Waals surface area contributed by atoms with Gasteiger partial charge in [-0.2, -0.15) is 0 Å². The van der Waals surface area contributed by atoms with Crippen molar-refractivity contribution >= 4 is 34.7 Å². The molecule has 0 atom stereocenters. The van der Waals surface area contributed by atoms with Gasteiger partial charge in [-0.15, -0.1) is 6.58 Å². The summed E-state index contributed by atoms with van der Waals surface area (Å²) in [7, 11) is 0. The SMILES string of the molecule is C=CCn1c(=S)[nH]c2cc(C(=O)Nc3ccccc3O)ccc2c1=O. The third-order valence-electron chi connectivity index (χ3n) is 3.71. The van der Waals surface area contributed by atoms with Crippen molar-refractivity contribution in [2.45, 2.75) is 6.54 Å². The lowest BCUT2D eigenvalue weighted by Gasteiger charge is -2.09. The summed E-state index contributed by atoms with van der Waals surface area (Å²) in [5.41, 5.74) is 0.871. The molecule has 0 radical (unpaired) electrons. The van der Waals surface area contributed by atoms with E-state index in [2.05, 4.69) is 16.9 Å². The molecule has 1 amide bonds. The number of anilines is 1. The van der Waals surface area contributed by atoms with Crippen LogP contribution in [0.15, 0.2) is 59.9 Å². The van der Waals surface area contributed by atoms with Crippen LogP contribution in [-0.4, -0.2) is 20.6 Å². The minimum absolute atomic E-state index is 0.0247. The molecular formula is C18H15N3O3S. The maximum atomic E-state index is 12.5. The first kappa shape index (κ1) is 16.7. The van der Waals surface area contributed by atoms with E-state index >= 15 is 0 Å². The van der Waals surface area contributed by atoms with Gasteiger partial charge in [0.25, 0.3) is 11.5 Å². The van der Waals surface area contributed by atoms with E-state index in [9.17, 15) is 14.7 Å². The third kappa shape index (κ3) is 3.22. The lowest BCUT2D eigenvalue weighted by Crippen LogP contribution is -2.22. The standard InChI is InChI=1S/C18H15N3O3S/c1-2-9-21-17(24)12-8-7-11(10-14(12)20-18(21)25)16(23)19-13-5-3-4-6-15(13)22/h2-8,10,22H,1,9H2,(H,19,23)(H,20,25). The van der Waals surface area contributed by atoms with Crippen molar-refractivity contribution in [3.05, 3.63) is 75.8 Å². The van der Waals surface area contributed by atoms with Crippen LogP contribution >= 0.6 is 12.2 Å². The molecule has 0 aliphatic heterocycles. The van der Waals surface area contributed by atoms with Gasteiger partial charge in [-0.3, -0.25) is 14.2 Å². The Kier molecular flexibility index (Phi) is 4.49. The molecule has 0 spiro atoms. The van der Waals surface area contributed by atoms with Gasteiger partial charge >= 0.3 is 0 Å². The predicted octanol–water partition coefficient (Wildman–Crippen LogP) is 3.20. The van der Waals surface area contributed by atoms with E-state index in [1.165, 1.54) is 10.6 Å². The maximum absolute atomic E-state index is 12.5. The first-order valence-electron chi connectivity index (χ1n) is 7.48. The Morgan fingerprint density at radius 2 is 2.08 bits per heavy atom. The Hall–Kier alpha value is -3.19. The molecule has 3 N–H and O–H groups in total. The Bertz CT molecular complexity index is 1100. The molecule has 126 valence electrons. The normalized spacial score (nSPS) is 10.6. The van der Waals surface area contributed by atoms with Crippen LogP contribution in [0.25, 0.3) is 10.9 Å². The Morgan fingerprint density at radius 3 is 2.80 bits per heavy atom. The van der Waals surface area contributed by atoms with Gasteiger partial charge in [0.15, 0.2) is 4.77 Å². The summed E-state index contributed by atoms with van der Waals surface area (Å²) in [5.74, 6) is -0.429. The van der Waals surface area contributed by atoms with Crippen LogP contribution < -0.4 is 10.9 Å². The molecule has 1 heterocycles. The number of aromatic amines is 1. The molecule has 1 aromatic heterocycles. The quantitative estimate of drug-likeness (QED) is 0.382. The number of rotatable bonds is 4. The number of nitrogens with one attached hydrogen (secondary N) is 2. The van der Waals surface area contributed by atoms with Crippen molar-refractivity contribution < 1.29 is 9.90 Å². The Balaban J connectivity index is 2.01. The fourth-order valence-electron chi connectivity index (χ4n) is 2.46. The van der Waals surface area contributed by atoms with E-state index in [4.69, 9.17) is 12.2 Å². The highest BCUT2D eigenvalue weighted by atomic mass is 32.1. The average molecular weight is 353 g/mol. The second-order valence-corrected chi connectivity index (χ2v) is 5.75. The number of aromatic nitrogens is 2. The number of nitrogens with zero attached hydrogens (tertiary/aromatic N) is 1. The molecular weight excluding hydrogens is 338 g/mol. The van der Waals surface area contributed by atoms with Crippen molar-refractivity contribution in [3.8, 4) is 5.75 Å². The summed E-state index contributed by atoms with van der Waals surface area (Å²) in [6, 6.07) is 11.1. The van der Waals surface area contributed by atoms with Crippen LogP contribution in [0.5, 0.6) is 5.75 Å². The van der Waals surface area contributed by atoms with Crippen LogP contribution in [0.3, 0.4) is 0 Å². The van der Waals surface area contributed by atoms with Crippen molar-refractivity contribution in [2.24, 2.45) is 0 Å². The fraction of sp³-hybridized carbons (Fsp3) is 0.0556. The molecule has 3 aromatic rings. The second kappa shape index (κ2) is 6.74. The van der Waals surface area contributed by atoms with Crippen LogP contribution in [0.1, 0.15) is 10.4 Å². The van der Waals surface area contributed by atoms with Gasteiger partial charge in [0, 0.05) is 12.1 Å². The minimum atomic E-state index is -0.405. The zero-order chi connectivity index (χ0) is 18.0. The number of phenolic OH excluding ortho intramolecular Hbond substituents is 1. The molecule has 3 rings (SSSR count). The number of allylic oxidation sites excluding steroid dienone is 1. The van der Waals surface area contributed by atoms with Gasteiger partial charge < -0.3 is 15.4 Å². The van der Waals surface area contributed by atoms with Gasteiger partial charge in [-0.05, 0) is 42.5 Å². The predicted molar refractivity (Wildman–Crippen MR) is 99.6 cm³/mol. The molecule has 7 heteroatoms. The van der Waals surface area contributed by atoms with Gasteiger partial charge in [0.05, 0.1) is 16.6 Å². The number of H-pyrrole nitrogens is 1. The van der Waals surface area contributed by atoms with Crippen LogP contribution in [-0.2, 0) is 6.54 Å². The van der Waals surface area contributed by atoms with Crippen molar-refractivity contribution in [1.82, 2.24) is 9.55 Å². The smallest absolute Gasteiger partial charge is 0.262 e. The molecule has 0 bridgehead atoms. The zero-order valence-electron chi connectivity index (χ0n) is 13.2. The fourth-order valence-corrected chi connectivity index (χ4v) is 2.73.